The fourth-order valence-electron chi connectivity index (χ4n) is 4.74. The second kappa shape index (κ2) is 11.9. The molecule has 1 fully saturated rings. The lowest BCUT2D eigenvalue weighted by Gasteiger charge is -2.23. The van der Waals surface area contributed by atoms with Crippen molar-refractivity contribution in [2.45, 2.75) is 25.4 Å². The van der Waals surface area contributed by atoms with E-state index in [0.717, 1.165) is 49.0 Å². The first-order chi connectivity index (χ1) is 19.3. The summed E-state index contributed by atoms with van der Waals surface area (Å²) in [5.74, 6) is 1.40. The number of methoxy groups -OCH3 is 1. The van der Waals surface area contributed by atoms with Crippen molar-refractivity contribution in [2.24, 2.45) is 5.92 Å². The standard InChI is InChI=1S/C30H29F3N4O3/c1-39-26-16-25-24(15-27(26)40-17-20-10-12-34-13-11-20)29(36-18-35-25)21-4-8-23(9-5-21)37-28(38)14-19-2-6-22(7-3-19)30(31,32)33/h2-9,15-16,18,20,34H,10-14,17H2,1H3,(H,37,38). The molecule has 10 heteroatoms. The summed E-state index contributed by atoms with van der Waals surface area (Å²) in [5, 5.41) is 6.96. The third-order valence-electron chi connectivity index (χ3n) is 6.94. The van der Waals surface area contributed by atoms with Crippen molar-refractivity contribution in [3.8, 4) is 22.8 Å². The molecule has 1 aliphatic rings. The van der Waals surface area contributed by atoms with Gasteiger partial charge < -0.3 is 20.1 Å². The Bertz CT molecular complexity index is 1470. The monoisotopic (exact) mass is 550 g/mol. The Morgan fingerprint density at radius 2 is 1.73 bits per heavy atom. The number of nitrogens with one attached hydrogen (secondary N) is 2. The van der Waals surface area contributed by atoms with E-state index >= 15 is 0 Å². The Morgan fingerprint density at radius 3 is 2.40 bits per heavy atom. The maximum Gasteiger partial charge on any atom is 0.416 e. The summed E-state index contributed by atoms with van der Waals surface area (Å²) >= 11 is 0. The number of hydrogen-bond donors (Lipinski definition) is 2. The predicted octanol–water partition coefficient (Wildman–Crippen LogP) is 5.88. The van der Waals surface area contributed by atoms with Crippen LogP contribution in [-0.4, -0.2) is 42.7 Å². The molecular formula is C30H29F3N4O3. The van der Waals surface area contributed by atoms with Crippen LogP contribution in [0, 0.1) is 5.92 Å². The highest BCUT2D eigenvalue weighted by molar-refractivity contribution is 5.95. The zero-order valence-corrected chi connectivity index (χ0v) is 21.9. The molecule has 1 aliphatic heterocycles. The second-order valence-electron chi connectivity index (χ2n) is 9.74. The number of fused-ring (bicyclic) bond motifs is 1. The highest BCUT2D eigenvalue weighted by Gasteiger charge is 2.30. The van der Waals surface area contributed by atoms with E-state index in [1.54, 1.807) is 19.2 Å². The molecule has 0 atom stereocenters. The van der Waals surface area contributed by atoms with Crippen molar-refractivity contribution >= 4 is 22.5 Å². The van der Waals surface area contributed by atoms with E-state index < -0.39 is 11.7 Å². The fourth-order valence-corrected chi connectivity index (χ4v) is 4.74. The van der Waals surface area contributed by atoms with Gasteiger partial charge in [-0.3, -0.25) is 4.79 Å². The number of alkyl halides is 3. The maximum absolute atomic E-state index is 12.8. The van der Waals surface area contributed by atoms with E-state index in [1.807, 2.05) is 24.3 Å². The smallest absolute Gasteiger partial charge is 0.416 e. The molecule has 40 heavy (non-hydrogen) atoms. The summed E-state index contributed by atoms with van der Waals surface area (Å²) in [6.07, 6.45) is -0.829. The van der Waals surface area contributed by atoms with Crippen LogP contribution < -0.4 is 20.1 Å². The molecule has 1 saturated heterocycles. The summed E-state index contributed by atoms with van der Waals surface area (Å²) in [5.41, 5.74) is 2.55. The quantitative estimate of drug-likeness (QED) is 0.285. The normalized spacial score (nSPS) is 14.2. The van der Waals surface area contributed by atoms with E-state index in [0.29, 0.717) is 46.5 Å². The van der Waals surface area contributed by atoms with Crippen LogP contribution >= 0.6 is 0 Å². The van der Waals surface area contributed by atoms with Crippen molar-refractivity contribution in [1.29, 1.82) is 0 Å². The van der Waals surface area contributed by atoms with Gasteiger partial charge >= 0.3 is 6.18 Å². The number of aromatic nitrogens is 2. The van der Waals surface area contributed by atoms with Crippen LogP contribution in [0.2, 0.25) is 0 Å². The SMILES string of the molecule is COc1cc2ncnc(-c3ccc(NC(=O)Cc4ccc(C(F)(F)F)cc4)cc3)c2cc1OCC1CCNCC1. The van der Waals surface area contributed by atoms with E-state index in [9.17, 15) is 18.0 Å². The minimum atomic E-state index is -4.41. The number of benzene rings is 3. The molecule has 5 rings (SSSR count). The highest BCUT2D eigenvalue weighted by Crippen LogP contribution is 2.36. The number of anilines is 1. The largest absolute Gasteiger partial charge is 0.493 e. The van der Waals surface area contributed by atoms with Gasteiger partial charge in [-0.15, -0.1) is 0 Å². The first kappa shape index (κ1) is 27.4. The van der Waals surface area contributed by atoms with Crippen molar-refractivity contribution in [1.82, 2.24) is 15.3 Å². The Kier molecular flexibility index (Phi) is 8.16. The fraction of sp³-hybridized carbons (Fsp3) is 0.300. The molecule has 1 amide bonds. The number of halogens is 3. The summed E-state index contributed by atoms with van der Waals surface area (Å²) in [4.78, 5) is 21.4. The lowest BCUT2D eigenvalue weighted by atomic mass is 9.99. The van der Waals surface area contributed by atoms with Crippen molar-refractivity contribution in [3.05, 3.63) is 78.1 Å². The molecule has 4 aromatic rings. The number of rotatable bonds is 8. The van der Waals surface area contributed by atoms with E-state index in [2.05, 4.69) is 20.6 Å². The Morgan fingerprint density at radius 1 is 1.00 bits per heavy atom. The number of carbonyl (C=O) groups excluding carboxylic acids is 1. The minimum absolute atomic E-state index is 0.0432. The number of hydrogen-bond acceptors (Lipinski definition) is 6. The van der Waals surface area contributed by atoms with Gasteiger partial charge in [-0.05, 0) is 67.7 Å². The second-order valence-corrected chi connectivity index (χ2v) is 9.74. The summed E-state index contributed by atoms with van der Waals surface area (Å²) in [6, 6.07) is 15.5. The molecule has 208 valence electrons. The molecule has 0 spiro atoms. The van der Waals surface area contributed by atoms with Crippen LogP contribution in [0.25, 0.3) is 22.2 Å². The molecule has 1 aromatic heterocycles. The average molecular weight is 551 g/mol. The van der Waals surface area contributed by atoms with Crippen LogP contribution in [0.4, 0.5) is 18.9 Å². The minimum Gasteiger partial charge on any atom is -0.493 e. The van der Waals surface area contributed by atoms with E-state index in [4.69, 9.17) is 9.47 Å². The number of nitrogens with zero attached hydrogens (tertiary/aromatic N) is 2. The third-order valence-corrected chi connectivity index (χ3v) is 6.94. The molecule has 0 aliphatic carbocycles. The first-order valence-corrected chi connectivity index (χ1v) is 13.0. The topological polar surface area (TPSA) is 85.4 Å². The van der Waals surface area contributed by atoms with E-state index in [1.165, 1.54) is 18.5 Å². The summed E-state index contributed by atoms with van der Waals surface area (Å²) in [6.45, 7) is 2.59. The highest BCUT2D eigenvalue weighted by atomic mass is 19.4. The van der Waals surface area contributed by atoms with Crippen LogP contribution in [0.1, 0.15) is 24.0 Å². The molecule has 0 radical (unpaired) electrons. The van der Waals surface area contributed by atoms with Gasteiger partial charge in [0.25, 0.3) is 0 Å². The van der Waals surface area contributed by atoms with Gasteiger partial charge in [-0.1, -0.05) is 24.3 Å². The number of carbonyl (C=O) groups is 1. The number of ether oxygens (including phenoxy) is 2. The van der Waals surface area contributed by atoms with Gasteiger partial charge in [0.05, 0.1) is 36.9 Å². The zero-order chi connectivity index (χ0) is 28.1. The van der Waals surface area contributed by atoms with Crippen molar-refractivity contribution < 1.29 is 27.4 Å². The van der Waals surface area contributed by atoms with Gasteiger partial charge in [0.2, 0.25) is 5.91 Å². The Balaban J connectivity index is 1.30. The molecule has 3 aromatic carbocycles. The van der Waals surface area contributed by atoms with Gasteiger partial charge in [0.15, 0.2) is 11.5 Å². The zero-order valence-electron chi connectivity index (χ0n) is 21.9. The lowest BCUT2D eigenvalue weighted by Crippen LogP contribution is -2.30. The maximum atomic E-state index is 12.8. The van der Waals surface area contributed by atoms with Crippen molar-refractivity contribution in [3.63, 3.8) is 0 Å². The molecule has 0 unspecified atom stereocenters. The predicted molar refractivity (Wildman–Crippen MR) is 146 cm³/mol. The van der Waals surface area contributed by atoms with E-state index in [-0.39, 0.29) is 12.3 Å². The number of piperidine rings is 1. The van der Waals surface area contributed by atoms with Gasteiger partial charge in [-0.25, -0.2) is 9.97 Å². The molecule has 2 N–H and O–H groups in total. The van der Waals surface area contributed by atoms with Crippen LogP contribution in [0.15, 0.2) is 67.0 Å². The van der Waals surface area contributed by atoms with Gasteiger partial charge in [0, 0.05) is 22.7 Å². The summed E-state index contributed by atoms with van der Waals surface area (Å²) in [7, 11) is 1.60. The van der Waals surface area contributed by atoms with Crippen molar-refractivity contribution in [2.75, 3.05) is 32.1 Å². The molecular weight excluding hydrogens is 521 g/mol. The molecule has 0 saturated carbocycles. The third kappa shape index (κ3) is 6.51. The van der Waals surface area contributed by atoms with Crippen LogP contribution in [0.3, 0.4) is 0 Å². The number of amides is 1. The van der Waals surface area contributed by atoms with Crippen LogP contribution in [0.5, 0.6) is 11.5 Å². The Hall–Kier alpha value is -4.18. The van der Waals surface area contributed by atoms with Crippen LogP contribution in [-0.2, 0) is 17.4 Å². The molecule has 2 heterocycles. The van der Waals surface area contributed by atoms with Gasteiger partial charge in [-0.2, -0.15) is 13.2 Å². The first-order valence-electron chi connectivity index (χ1n) is 13.0. The lowest BCUT2D eigenvalue weighted by molar-refractivity contribution is -0.137. The molecule has 0 bridgehead atoms. The molecule has 7 nitrogen and oxygen atoms in total. The average Bonchev–Trinajstić information content (AvgIpc) is 2.96. The summed E-state index contributed by atoms with van der Waals surface area (Å²) < 4.78 is 50.1. The van der Waals surface area contributed by atoms with Gasteiger partial charge in [0.1, 0.15) is 6.33 Å². The Labute approximate surface area is 229 Å².